The standard InChI is InChI=1S/C29H28N2O4S/c1-3-35-25-16-14-24(15-17-25)31(36(2,33)34)19-20-7-9-23(10-8-20)29(32)30-27-18-13-22-12-11-21-5-4-6-26(27)28(21)22/h4-10,13-18H,3,11-12,19H2,1-2H3,(H,30,32). The van der Waals surface area contributed by atoms with Gasteiger partial charge in [0.05, 0.1) is 25.1 Å². The van der Waals surface area contributed by atoms with Gasteiger partial charge in [0, 0.05) is 16.6 Å². The number of nitrogens with zero attached hydrogens (tertiary/aromatic N) is 1. The van der Waals surface area contributed by atoms with E-state index in [2.05, 4.69) is 17.4 Å². The number of rotatable bonds is 8. The summed E-state index contributed by atoms with van der Waals surface area (Å²) in [5, 5.41) is 5.36. The molecule has 0 heterocycles. The van der Waals surface area contributed by atoms with E-state index in [-0.39, 0.29) is 12.5 Å². The van der Waals surface area contributed by atoms with Crippen molar-refractivity contribution in [3.8, 4) is 5.75 Å². The molecule has 6 nitrogen and oxygen atoms in total. The first-order chi connectivity index (χ1) is 17.3. The summed E-state index contributed by atoms with van der Waals surface area (Å²) in [6.45, 7) is 2.59. The van der Waals surface area contributed by atoms with Crippen molar-refractivity contribution >= 4 is 38.1 Å². The number of carbonyl (C=O) groups excluding carboxylic acids is 1. The Hall–Kier alpha value is -3.84. The van der Waals surface area contributed by atoms with Crippen molar-refractivity contribution in [1.82, 2.24) is 0 Å². The number of nitrogens with one attached hydrogen (secondary N) is 1. The third kappa shape index (κ3) is 4.79. The molecule has 4 aromatic rings. The van der Waals surface area contributed by atoms with Gasteiger partial charge >= 0.3 is 0 Å². The van der Waals surface area contributed by atoms with E-state index in [9.17, 15) is 13.2 Å². The molecule has 0 atom stereocenters. The van der Waals surface area contributed by atoms with Crippen LogP contribution in [0.15, 0.2) is 78.9 Å². The van der Waals surface area contributed by atoms with E-state index in [1.54, 1.807) is 48.5 Å². The molecule has 0 spiro atoms. The third-order valence-electron chi connectivity index (χ3n) is 6.50. The van der Waals surface area contributed by atoms with E-state index < -0.39 is 10.0 Å². The first-order valence-corrected chi connectivity index (χ1v) is 13.8. The molecule has 1 amide bonds. The zero-order valence-corrected chi connectivity index (χ0v) is 21.1. The van der Waals surface area contributed by atoms with Gasteiger partial charge < -0.3 is 10.1 Å². The first-order valence-electron chi connectivity index (χ1n) is 12.0. The molecule has 0 unspecified atom stereocenters. The number of carbonyl (C=O) groups is 1. The van der Waals surface area contributed by atoms with E-state index in [1.165, 1.54) is 27.1 Å². The van der Waals surface area contributed by atoms with Crippen molar-refractivity contribution < 1.29 is 17.9 Å². The second-order valence-electron chi connectivity index (χ2n) is 8.96. The smallest absolute Gasteiger partial charge is 0.255 e. The highest BCUT2D eigenvalue weighted by Crippen LogP contribution is 2.35. The Morgan fingerprint density at radius 1 is 0.917 bits per heavy atom. The van der Waals surface area contributed by atoms with Crippen LogP contribution in [0.1, 0.15) is 34.0 Å². The third-order valence-corrected chi connectivity index (χ3v) is 7.64. The fourth-order valence-corrected chi connectivity index (χ4v) is 5.64. The fraction of sp³-hybridized carbons (Fsp3) is 0.207. The minimum Gasteiger partial charge on any atom is -0.494 e. The Kier molecular flexibility index (Phi) is 6.41. The Morgan fingerprint density at radius 2 is 1.61 bits per heavy atom. The Labute approximate surface area is 211 Å². The van der Waals surface area contributed by atoms with Crippen LogP contribution in [0.5, 0.6) is 5.75 Å². The summed E-state index contributed by atoms with van der Waals surface area (Å²) in [6, 6.07) is 24.3. The maximum absolute atomic E-state index is 13.0. The van der Waals surface area contributed by atoms with Crippen molar-refractivity contribution in [3.63, 3.8) is 0 Å². The van der Waals surface area contributed by atoms with Crippen LogP contribution in [0.3, 0.4) is 0 Å². The van der Waals surface area contributed by atoms with Gasteiger partial charge in [-0.3, -0.25) is 9.10 Å². The molecule has 7 heteroatoms. The Morgan fingerprint density at radius 3 is 2.28 bits per heavy atom. The topological polar surface area (TPSA) is 75.7 Å². The van der Waals surface area contributed by atoms with Gasteiger partial charge in [0.2, 0.25) is 10.0 Å². The zero-order chi connectivity index (χ0) is 25.3. The van der Waals surface area contributed by atoms with E-state index in [0.717, 1.165) is 29.5 Å². The van der Waals surface area contributed by atoms with Gasteiger partial charge in [-0.05, 0) is 84.3 Å². The molecule has 0 bridgehead atoms. The number of hydrogen-bond donors (Lipinski definition) is 1. The summed E-state index contributed by atoms with van der Waals surface area (Å²) in [5.41, 5.74) is 5.28. The van der Waals surface area contributed by atoms with Gasteiger partial charge in [0.15, 0.2) is 0 Å². The van der Waals surface area contributed by atoms with Crippen LogP contribution in [0.4, 0.5) is 11.4 Å². The van der Waals surface area contributed by atoms with Crippen LogP contribution in [-0.2, 0) is 29.4 Å². The Bertz CT molecular complexity index is 1520. The Balaban J connectivity index is 1.33. The molecule has 36 heavy (non-hydrogen) atoms. The average molecular weight is 501 g/mol. The number of anilines is 2. The van der Waals surface area contributed by atoms with Crippen LogP contribution in [-0.4, -0.2) is 27.2 Å². The van der Waals surface area contributed by atoms with Crippen molar-refractivity contribution in [3.05, 3.63) is 101 Å². The lowest BCUT2D eigenvalue weighted by Gasteiger charge is -2.23. The lowest BCUT2D eigenvalue weighted by molar-refractivity contribution is 0.102. The molecule has 0 saturated carbocycles. The highest BCUT2D eigenvalue weighted by molar-refractivity contribution is 7.92. The maximum atomic E-state index is 13.0. The van der Waals surface area contributed by atoms with Crippen LogP contribution in [0.2, 0.25) is 0 Å². The van der Waals surface area contributed by atoms with Gasteiger partial charge in [0.1, 0.15) is 5.75 Å². The van der Waals surface area contributed by atoms with Gasteiger partial charge in [0.25, 0.3) is 5.91 Å². The molecule has 1 aliphatic carbocycles. The summed E-state index contributed by atoms with van der Waals surface area (Å²) in [5.74, 6) is 0.483. The molecule has 0 radical (unpaired) electrons. The number of hydrogen-bond acceptors (Lipinski definition) is 4. The number of benzene rings is 4. The van der Waals surface area contributed by atoms with E-state index in [4.69, 9.17) is 4.74 Å². The minimum absolute atomic E-state index is 0.156. The van der Waals surface area contributed by atoms with Crippen LogP contribution in [0.25, 0.3) is 10.8 Å². The van der Waals surface area contributed by atoms with E-state index >= 15 is 0 Å². The molecule has 0 fully saturated rings. The number of aryl methyl sites for hydroxylation is 2. The SMILES string of the molecule is CCOc1ccc(N(Cc2ccc(C(=O)Nc3ccc4c5c(cccc35)CC4)cc2)S(C)(=O)=O)cc1. The molecule has 1 aliphatic rings. The predicted octanol–water partition coefficient (Wildman–Crippen LogP) is 5.56. The fourth-order valence-electron chi connectivity index (χ4n) is 4.75. The first kappa shape index (κ1) is 23.9. The van der Waals surface area contributed by atoms with Crippen molar-refractivity contribution in [2.45, 2.75) is 26.3 Å². The van der Waals surface area contributed by atoms with Gasteiger partial charge in [-0.25, -0.2) is 8.42 Å². The molecule has 5 rings (SSSR count). The molecule has 4 aromatic carbocycles. The van der Waals surface area contributed by atoms with Gasteiger partial charge in [-0.15, -0.1) is 0 Å². The van der Waals surface area contributed by atoms with E-state index in [1.807, 2.05) is 25.1 Å². The van der Waals surface area contributed by atoms with Crippen molar-refractivity contribution in [2.24, 2.45) is 0 Å². The second kappa shape index (κ2) is 9.66. The number of ether oxygens (including phenoxy) is 1. The second-order valence-corrected chi connectivity index (χ2v) is 10.9. The largest absolute Gasteiger partial charge is 0.494 e. The number of amides is 1. The highest BCUT2D eigenvalue weighted by Gasteiger charge is 2.19. The molecule has 1 N–H and O–H groups in total. The zero-order valence-electron chi connectivity index (χ0n) is 20.3. The van der Waals surface area contributed by atoms with Crippen molar-refractivity contribution in [2.75, 3.05) is 22.5 Å². The normalized spacial score (nSPS) is 12.5. The molecule has 0 aromatic heterocycles. The summed E-state index contributed by atoms with van der Waals surface area (Å²) >= 11 is 0. The lowest BCUT2D eigenvalue weighted by atomic mass is 10.0. The molecular formula is C29H28N2O4S. The van der Waals surface area contributed by atoms with Crippen LogP contribution >= 0.6 is 0 Å². The summed E-state index contributed by atoms with van der Waals surface area (Å²) in [7, 11) is -3.52. The number of sulfonamides is 1. The van der Waals surface area contributed by atoms with Crippen LogP contribution < -0.4 is 14.4 Å². The average Bonchev–Trinajstić information content (AvgIpc) is 3.29. The van der Waals surface area contributed by atoms with Gasteiger partial charge in [-0.1, -0.05) is 36.4 Å². The van der Waals surface area contributed by atoms with Gasteiger partial charge in [-0.2, -0.15) is 0 Å². The molecule has 0 saturated heterocycles. The summed E-state index contributed by atoms with van der Waals surface area (Å²) in [4.78, 5) is 13.0. The monoisotopic (exact) mass is 500 g/mol. The molecule has 184 valence electrons. The molecule has 0 aliphatic heterocycles. The van der Waals surface area contributed by atoms with E-state index in [0.29, 0.717) is 23.6 Å². The summed E-state index contributed by atoms with van der Waals surface area (Å²) in [6.07, 6.45) is 3.25. The molecular weight excluding hydrogens is 472 g/mol. The quantitative estimate of drug-likeness (QED) is 0.344. The minimum atomic E-state index is -3.52. The van der Waals surface area contributed by atoms with Crippen LogP contribution in [0, 0.1) is 0 Å². The summed E-state index contributed by atoms with van der Waals surface area (Å²) < 4.78 is 31.8. The maximum Gasteiger partial charge on any atom is 0.255 e. The highest BCUT2D eigenvalue weighted by atomic mass is 32.2. The van der Waals surface area contributed by atoms with Crippen molar-refractivity contribution in [1.29, 1.82) is 0 Å². The lowest BCUT2D eigenvalue weighted by Crippen LogP contribution is -2.29. The predicted molar refractivity (Wildman–Crippen MR) is 144 cm³/mol.